The van der Waals surface area contributed by atoms with Gasteiger partial charge in [0.2, 0.25) is 6.17 Å². The minimum atomic E-state index is -1.49. The molecule has 0 aliphatic carbocycles. The minimum Gasteiger partial charge on any atom is -0.226 e. The number of benzene rings is 1. The van der Waals surface area contributed by atoms with Crippen molar-refractivity contribution in [3.63, 3.8) is 0 Å². The van der Waals surface area contributed by atoms with Gasteiger partial charge in [0.05, 0.1) is 0 Å². The highest BCUT2D eigenvalue weighted by atomic mass is 127. The largest absolute Gasteiger partial charge is 0.226 e. The smallest absolute Gasteiger partial charge is 0.211 e. The first kappa shape index (κ1) is 8.47. The molecule has 0 aliphatic rings. The van der Waals surface area contributed by atoms with E-state index in [1.54, 1.807) is 24.3 Å². The molecule has 0 radical (unpaired) electrons. The van der Waals surface area contributed by atoms with E-state index in [1.165, 1.54) is 6.07 Å². The molecule has 0 N–H and O–H groups in total. The van der Waals surface area contributed by atoms with Crippen molar-refractivity contribution in [2.75, 3.05) is 0 Å². The van der Waals surface area contributed by atoms with Crippen molar-refractivity contribution in [2.45, 2.75) is 6.17 Å². The predicted molar refractivity (Wildman–Crippen MR) is 48.6 cm³/mol. The third kappa shape index (κ3) is 2.15. The average Bonchev–Trinajstić information content (AvgIpc) is 2.05. The standard InChI is InChI=1S/C8H5FIN/c9-8(5-11)6-1-3-7(10)4-2-6/h1-4,8H. The lowest BCUT2D eigenvalue weighted by atomic mass is 10.1. The van der Waals surface area contributed by atoms with Crippen LogP contribution in [0.15, 0.2) is 24.3 Å². The van der Waals surface area contributed by atoms with Crippen molar-refractivity contribution in [1.29, 1.82) is 5.26 Å². The van der Waals surface area contributed by atoms with Crippen LogP contribution in [0.2, 0.25) is 0 Å². The Balaban J connectivity index is 2.92. The fourth-order valence-electron chi connectivity index (χ4n) is 0.706. The molecule has 1 aromatic rings. The van der Waals surface area contributed by atoms with Crippen LogP contribution in [0.3, 0.4) is 0 Å². The molecule has 0 aliphatic heterocycles. The van der Waals surface area contributed by atoms with Gasteiger partial charge < -0.3 is 0 Å². The van der Waals surface area contributed by atoms with Gasteiger partial charge in [-0.15, -0.1) is 0 Å². The third-order valence-electron chi connectivity index (χ3n) is 1.28. The summed E-state index contributed by atoms with van der Waals surface area (Å²) in [6.45, 7) is 0. The summed E-state index contributed by atoms with van der Waals surface area (Å²) in [7, 11) is 0. The normalized spacial score (nSPS) is 12.1. The number of hydrogen-bond acceptors (Lipinski definition) is 1. The van der Waals surface area contributed by atoms with Gasteiger partial charge in [-0.2, -0.15) is 5.26 Å². The minimum absolute atomic E-state index is 0.424. The van der Waals surface area contributed by atoms with Crippen molar-refractivity contribution in [2.24, 2.45) is 0 Å². The molecular weight excluding hydrogens is 256 g/mol. The molecule has 1 aromatic carbocycles. The molecule has 0 heterocycles. The van der Waals surface area contributed by atoms with E-state index in [4.69, 9.17) is 5.26 Å². The van der Waals surface area contributed by atoms with E-state index >= 15 is 0 Å². The summed E-state index contributed by atoms with van der Waals surface area (Å²) in [5, 5.41) is 8.23. The van der Waals surface area contributed by atoms with E-state index in [9.17, 15) is 4.39 Å². The zero-order valence-corrected chi connectivity index (χ0v) is 7.75. The van der Waals surface area contributed by atoms with E-state index in [0.717, 1.165) is 3.57 Å². The lowest BCUT2D eigenvalue weighted by Gasteiger charge is -1.97. The van der Waals surface area contributed by atoms with Crippen LogP contribution in [0.1, 0.15) is 11.7 Å². The molecule has 0 bridgehead atoms. The van der Waals surface area contributed by atoms with Crippen LogP contribution >= 0.6 is 22.6 Å². The summed E-state index contributed by atoms with van der Waals surface area (Å²) in [5.41, 5.74) is 0.424. The van der Waals surface area contributed by atoms with Crippen LogP contribution < -0.4 is 0 Å². The third-order valence-corrected chi connectivity index (χ3v) is 2.00. The van der Waals surface area contributed by atoms with Gasteiger partial charge in [-0.3, -0.25) is 0 Å². The molecule has 0 aromatic heterocycles. The maximum atomic E-state index is 12.6. The monoisotopic (exact) mass is 261 g/mol. The summed E-state index contributed by atoms with van der Waals surface area (Å²) in [4.78, 5) is 0. The van der Waals surface area contributed by atoms with Gasteiger partial charge in [-0.05, 0) is 34.7 Å². The Morgan fingerprint density at radius 1 is 1.36 bits per heavy atom. The highest BCUT2D eigenvalue weighted by molar-refractivity contribution is 14.1. The van der Waals surface area contributed by atoms with Gasteiger partial charge in [0.15, 0.2) is 0 Å². The van der Waals surface area contributed by atoms with Crippen molar-refractivity contribution in [3.8, 4) is 6.07 Å². The molecule has 1 rings (SSSR count). The summed E-state index contributed by atoms with van der Waals surface area (Å²) in [6.07, 6.45) is -1.49. The Kier molecular flexibility index (Phi) is 2.83. The molecule has 56 valence electrons. The second kappa shape index (κ2) is 3.67. The first-order chi connectivity index (χ1) is 5.24. The molecular formula is C8H5FIN. The quantitative estimate of drug-likeness (QED) is 0.713. The van der Waals surface area contributed by atoms with Crippen LogP contribution in [-0.2, 0) is 0 Å². The van der Waals surface area contributed by atoms with Crippen LogP contribution in [0.4, 0.5) is 4.39 Å². The molecule has 0 spiro atoms. The first-order valence-corrected chi connectivity index (χ1v) is 4.11. The first-order valence-electron chi connectivity index (χ1n) is 3.03. The highest BCUT2D eigenvalue weighted by Crippen LogP contribution is 2.16. The van der Waals surface area contributed by atoms with Gasteiger partial charge in [0, 0.05) is 9.13 Å². The molecule has 0 saturated carbocycles. The topological polar surface area (TPSA) is 23.8 Å². The Labute approximate surface area is 78.0 Å². The van der Waals surface area contributed by atoms with Crippen LogP contribution in [0, 0.1) is 14.9 Å². The number of alkyl halides is 1. The molecule has 0 saturated heterocycles. The number of hydrogen-bond donors (Lipinski definition) is 0. The Hall–Kier alpha value is -0.630. The lowest BCUT2D eigenvalue weighted by molar-refractivity contribution is 0.424. The van der Waals surface area contributed by atoms with Crippen molar-refractivity contribution in [1.82, 2.24) is 0 Å². The number of rotatable bonds is 1. The second-order valence-electron chi connectivity index (χ2n) is 2.04. The van der Waals surface area contributed by atoms with Gasteiger partial charge in [-0.1, -0.05) is 12.1 Å². The van der Waals surface area contributed by atoms with E-state index in [2.05, 4.69) is 22.6 Å². The summed E-state index contributed by atoms with van der Waals surface area (Å²) >= 11 is 2.13. The number of halogens is 2. The van der Waals surface area contributed by atoms with Crippen LogP contribution in [-0.4, -0.2) is 0 Å². The zero-order valence-electron chi connectivity index (χ0n) is 5.59. The van der Waals surface area contributed by atoms with Crippen molar-refractivity contribution < 1.29 is 4.39 Å². The molecule has 0 amide bonds. The van der Waals surface area contributed by atoms with Crippen molar-refractivity contribution >= 4 is 22.6 Å². The SMILES string of the molecule is N#CC(F)c1ccc(I)cc1. The summed E-state index contributed by atoms with van der Waals surface area (Å²) in [5.74, 6) is 0. The number of nitriles is 1. The van der Waals surface area contributed by atoms with E-state index in [0.29, 0.717) is 5.56 Å². The molecule has 3 heteroatoms. The van der Waals surface area contributed by atoms with Crippen molar-refractivity contribution in [3.05, 3.63) is 33.4 Å². The summed E-state index contributed by atoms with van der Waals surface area (Å²) < 4.78 is 13.7. The van der Waals surface area contributed by atoms with Gasteiger partial charge in [-0.25, -0.2) is 4.39 Å². The van der Waals surface area contributed by atoms with Gasteiger partial charge in [0.25, 0.3) is 0 Å². The Bertz CT molecular complexity index is 275. The molecule has 1 nitrogen and oxygen atoms in total. The van der Waals surface area contributed by atoms with Gasteiger partial charge in [0.1, 0.15) is 6.07 Å². The molecule has 1 atom stereocenters. The molecule has 11 heavy (non-hydrogen) atoms. The molecule has 1 unspecified atom stereocenters. The zero-order chi connectivity index (χ0) is 8.27. The van der Waals surface area contributed by atoms with Crippen LogP contribution in [0.5, 0.6) is 0 Å². The van der Waals surface area contributed by atoms with Gasteiger partial charge >= 0.3 is 0 Å². The fourth-order valence-corrected chi connectivity index (χ4v) is 1.07. The summed E-state index contributed by atoms with van der Waals surface area (Å²) in [6, 6.07) is 8.33. The van der Waals surface area contributed by atoms with E-state index in [-0.39, 0.29) is 0 Å². The fraction of sp³-hybridized carbons (Fsp3) is 0.125. The average molecular weight is 261 g/mol. The number of nitrogens with zero attached hydrogens (tertiary/aromatic N) is 1. The Morgan fingerprint density at radius 2 is 1.91 bits per heavy atom. The van der Waals surface area contributed by atoms with E-state index < -0.39 is 6.17 Å². The second-order valence-corrected chi connectivity index (χ2v) is 3.29. The molecule has 0 fully saturated rings. The Morgan fingerprint density at radius 3 is 2.36 bits per heavy atom. The maximum Gasteiger partial charge on any atom is 0.211 e. The lowest BCUT2D eigenvalue weighted by Crippen LogP contribution is -1.86. The maximum absolute atomic E-state index is 12.6. The van der Waals surface area contributed by atoms with Crippen LogP contribution in [0.25, 0.3) is 0 Å². The van der Waals surface area contributed by atoms with E-state index in [1.807, 2.05) is 0 Å². The highest BCUT2D eigenvalue weighted by Gasteiger charge is 2.05. The predicted octanol–water partition coefficient (Wildman–Crippen LogP) is 2.83.